The first-order chi connectivity index (χ1) is 8.99. The van der Waals surface area contributed by atoms with Gasteiger partial charge in [0.05, 0.1) is 11.9 Å². The third-order valence-corrected chi connectivity index (χ3v) is 4.03. The van der Waals surface area contributed by atoms with E-state index in [1.165, 1.54) is 20.3 Å². The van der Waals surface area contributed by atoms with Crippen molar-refractivity contribution in [1.29, 1.82) is 0 Å². The summed E-state index contributed by atoms with van der Waals surface area (Å²) in [6.45, 7) is 0. The van der Waals surface area contributed by atoms with Crippen molar-refractivity contribution in [3.8, 4) is 11.1 Å². The molecule has 0 amide bonds. The molecule has 1 aromatic heterocycles. The van der Waals surface area contributed by atoms with Crippen molar-refractivity contribution in [2.75, 3.05) is 18.8 Å². The van der Waals surface area contributed by atoms with Crippen LogP contribution in [-0.2, 0) is 10.2 Å². The molecule has 1 aromatic carbocycles. The number of rotatable bonds is 4. The number of hydrogen-bond acceptors (Lipinski definition) is 3. The molecule has 0 saturated heterocycles. The van der Waals surface area contributed by atoms with Crippen LogP contribution < -0.4 is 4.72 Å². The second-order valence-corrected chi connectivity index (χ2v) is 6.10. The Labute approximate surface area is 113 Å². The molecule has 0 aliphatic heterocycles. The summed E-state index contributed by atoms with van der Waals surface area (Å²) >= 11 is 0. The van der Waals surface area contributed by atoms with Gasteiger partial charge in [0.25, 0.3) is 0 Å². The van der Waals surface area contributed by atoms with Crippen molar-refractivity contribution in [1.82, 2.24) is 9.29 Å². The fourth-order valence-electron chi connectivity index (χ4n) is 1.52. The summed E-state index contributed by atoms with van der Waals surface area (Å²) in [6, 6.07) is 11.4. The highest BCUT2D eigenvalue weighted by atomic mass is 32.2. The van der Waals surface area contributed by atoms with Gasteiger partial charge in [-0.15, -0.1) is 0 Å². The Hall–Kier alpha value is -1.92. The number of nitrogens with one attached hydrogen (secondary N) is 1. The highest BCUT2D eigenvalue weighted by molar-refractivity contribution is 7.90. The van der Waals surface area contributed by atoms with Crippen LogP contribution in [0.15, 0.2) is 48.8 Å². The Bertz CT molecular complexity index is 655. The molecule has 6 heteroatoms. The van der Waals surface area contributed by atoms with Crippen molar-refractivity contribution in [2.24, 2.45) is 0 Å². The van der Waals surface area contributed by atoms with E-state index in [0.717, 1.165) is 15.4 Å². The van der Waals surface area contributed by atoms with Gasteiger partial charge in [0.1, 0.15) is 0 Å². The third-order valence-electron chi connectivity index (χ3n) is 2.57. The fourth-order valence-corrected chi connectivity index (χ4v) is 2.12. The normalized spacial score (nSPS) is 11.5. The number of aromatic nitrogens is 1. The van der Waals surface area contributed by atoms with Crippen molar-refractivity contribution in [2.45, 2.75) is 0 Å². The third kappa shape index (κ3) is 3.30. The first-order valence-electron chi connectivity index (χ1n) is 5.70. The molecule has 0 spiro atoms. The minimum atomic E-state index is -3.51. The van der Waals surface area contributed by atoms with Gasteiger partial charge in [-0.05, 0) is 11.6 Å². The molecule has 19 heavy (non-hydrogen) atoms. The fraction of sp³-hybridized carbons (Fsp3) is 0.154. The van der Waals surface area contributed by atoms with Crippen LogP contribution in [0.25, 0.3) is 11.1 Å². The van der Waals surface area contributed by atoms with Gasteiger partial charge in [-0.1, -0.05) is 30.3 Å². The molecule has 0 saturated carbocycles. The summed E-state index contributed by atoms with van der Waals surface area (Å²) in [4.78, 5) is 4.06. The van der Waals surface area contributed by atoms with E-state index < -0.39 is 10.2 Å². The average molecular weight is 277 g/mol. The lowest BCUT2D eigenvalue weighted by Crippen LogP contribution is -2.28. The van der Waals surface area contributed by atoms with Crippen LogP contribution in [0.4, 0.5) is 5.69 Å². The summed E-state index contributed by atoms with van der Waals surface area (Å²) < 4.78 is 27.0. The Morgan fingerprint density at radius 2 is 1.74 bits per heavy atom. The van der Waals surface area contributed by atoms with E-state index in [1.807, 2.05) is 30.3 Å². The Balaban J connectivity index is 2.31. The number of hydrogen-bond donors (Lipinski definition) is 1. The largest absolute Gasteiger partial charge is 0.301 e. The summed E-state index contributed by atoms with van der Waals surface area (Å²) in [7, 11) is -0.569. The van der Waals surface area contributed by atoms with Crippen LogP contribution in [0.2, 0.25) is 0 Å². The van der Waals surface area contributed by atoms with Gasteiger partial charge in [0.15, 0.2) is 0 Å². The SMILES string of the molecule is CN(C)S(=O)(=O)Nc1cncc(-c2ccccc2)c1. The standard InChI is InChI=1S/C13H15N3O2S/c1-16(2)19(17,18)15-13-8-12(9-14-10-13)11-6-4-3-5-7-11/h3-10,15H,1-2H3. The minimum absolute atomic E-state index is 0.440. The Morgan fingerprint density at radius 3 is 2.37 bits per heavy atom. The van der Waals surface area contributed by atoms with Crippen LogP contribution in [0.3, 0.4) is 0 Å². The van der Waals surface area contributed by atoms with Crippen molar-refractivity contribution in [3.05, 3.63) is 48.8 Å². The molecular weight excluding hydrogens is 262 g/mol. The van der Waals surface area contributed by atoms with E-state index in [1.54, 1.807) is 12.3 Å². The van der Waals surface area contributed by atoms with Gasteiger partial charge < -0.3 is 0 Å². The maximum absolute atomic E-state index is 11.7. The van der Waals surface area contributed by atoms with Crippen LogP contribution in [0.5, 0.6) is 0 Å². The molecule has 2 rings (SSSR count). The number of nitrogens with zero attached hydrogens (tertiary/aromatic N) is 2. The molecule has 0 bridgehead atoms. The molecule has 0 aliphatic carbocycles. The lowest BCUT2D eigenvalue weighted by molar-refractivity contribution is 0.527. The van der Waals surface area contributed by atoms with Gasteiger partial charge in [-0.3, -0.25) is 9.71 Å². The summed E-state index contributed by atoms with van der Waals surface area (Å²) in [6.07, 6.45) is 3.18. The lowest BCUT2D eigenvalue weighted by Gasteiger charge is -2.13. The highest BCUT2D eigenvalue weighted by Crippen LogP contribution is 2.21. The quantitative estimate of drug-likeness (QED) is 0.929. The molecule has 0 atom stereocenters. The van der Waals surface area contributed by atoms with Gasteiger partial charge in [0, 0.05) is 25.9 Å². The lowest BCUT2D eigenvalue weighted by atomic mass is 10.1. The van der Waals surface area contributed by atoms with E-state index in [2.05, 4.69) is 9.71 Å². The van der Waals surface area contributed by atoms with Gasteiger partial charge in [-0.25, -0.2) is 0 Å². The molecule has 0 aliphatic rings. The number of anilines is 1. The summed E-state index contributed by atoms with van der Waals surface area (Å²) in [5, 5.41) is 0. The van der Waals surface area contributed by atoms with E-state index >= 15 is 0 Å². The zero-order valence-corrected chi connectivity index (χ0v) is 11.6. The van der Waals surface area contributed by atoms with E-state index in [-0.39, 0.29) is 0 Å². The average Bonchev–Trinajstić information content (AvgIpc) is 2.39. The molecule has 0 radical (unpaired) electrons. The van der Waals surface area contributed by atoms with Crippen LogP contribution in [-0.4, -0.2) is 31.8 Å². The maximum atomic E-state index is 11.7. The predicted octanol–water partition coefficient (Wildman–Crippen LogP) is 1.97. The maximum Gasteiger partial charge on any atom is 0.301 e. The number of pyridine rings is 1. The molecule has 100 valence electrons. The van der Waals surface area contributed by atoms with Crippen molar-refractivity contribution >= 4 is 15.9 Å². The topological polar surface area (TPSA) is 62.3 Å². The number of benzene rings is 1. The molecule has 0 unspecified atom stereocenters. The monoisotopic (exact) mass is 277 g/mol. The molecule has 1 N–H and O–H groups in total. The van der Waals surface area contributed by atoms with Gasteiger partial charge in [-0.2, -0.15) is 12.7 Å². The molecule has 5 nitrogen and oxygen atoms in total. The zero-order chi connectivity index (χ0) is 13.9. The Morgan fingerprint density at radius 1 is 1.05 bits per heavy atom. The highest BCUT2D eigenvalue weighted by Gasteiger charge is 2.13. The van der Waals surface area contributed by atoms with Crippen LogP contribution >= 0.6 is 0 Å². The molecular formula is C13H15N3O2S. The van der Waals surface area contributed by atoms with Crippen LogP contribution in [0, 0.1) is 0 Å². The molecule has 0 fully saturated rings. The van der Waals surface area contributed by atoms with Gasteiger partial charge in [0.2, 0.25) is 0 Å². The van der Waals surface area contributed by atoms with E-state index in [0.29, 0.717) is 5.69 Å². The minimum Gasteiger partial charge on any atom is -0.269 e. The van der Waals surface area contributed by atoms with Crippen LogP contribution in [0.1, 0.15) is 0 Å². The smallest absolute Gasteiger partial charge is 0.269 e. The molecule has 2 aromatic rings. The molecule has 1 heterocycles. The second-order valence-electron chi connectivity index (χ2n) is 4.22. The van der Waals surface area contributed by atoms with E-state index in [4.69, 9.17) is 0 Å². The van der Waals surface area contributed by atoms with E-state index in [9.17, 15) is 8.42 Å². The first-order valence-corrected chi connectivity index (χ1v) is 7.14. The predicted molar refractivity (Wildman–Crippen MR) is 75.9 cm³/mol. The summed E-state index contributed by atoms with van der Waals surface area (Å²) in [5.74, 6) is 0. The Kier molecular flexibility index (Phi) is 3.82. The van der Waals surface area contributed by atoms with Crippen molar-refractivity contribution in [3.63, 3.8) is 0 Å². The zero-order valence-electron chi connectivity index (χ0n) is 10.7. The van der Waals surface area contributed by atoms with Crippen molar-refractivity contribution < 1.29 is 8.42 Å². The van der Waals surface area contributed by atoms with Gasteiger partial charge >= 0.3 is 10.2 Å². The first kappa shape index (κ1) is 13.5. The summed E-state index contributed by atoms with van der Waals surface area (Å²) in [5.41, 5.74) is 2.29. The second kappa shape index (κ2) is 5.38.